The Balaban J connectivity index is 2.31. The van der Waals surface area contributed by atoms with E-state index in [1.807, 2.05) is 13.8 Å². The first-order chi connectivity index (χ1) is 11.8. The van der Waals surface area contributed by atoms with E-state index in [4.69, 9.17) is 11.6 Å². The summed E-state index contributed by atoms with van der Waals surface area (Å²) in [6, 6.07) is 9.38. The molecule has 2 aromatic carbocycles. The highest BCUT2D eigenvalue weighted by atomic mass is 35.5. The van der Waals surface area contributed by atoms with Crippen LogP contribution in [0.2, 0.25) is 5.02 Å². The van der Waals surface area contributed by atoms with Crippen LogP contribution in [0.5, 0.6) is 0 Å². The molecule has 0 bridgehead atoms. The molecule has 0 radical (unpaired) electrons. The molecular formula is C17H18ClFN2O3S. The van der Waals surface area contributed by atoms with E-state index < -0.39 is 20.7 Å². The molecule has 0 aliphatic heterocycles. The van der Waals surface area contributed by atoms with Gasteiger partial charge in [0.05, 0.1) is 0 Å². The minimum atomic E-state index is -4.14. The molecule has 2 aromatic rings. The Hall–Kier alpha value is -2.12. The quantitative estimate of drug-likeness (QED) is 0.824. The zero-order chi connectivity index (χ0) is 18.6. The fourth-order valence-corrected chi connectivity index (χ4v) is 3.58. The maximum absolute atomic E-state index is 13.9. The van der Waals surface area contributed by atoms with Crippen molar-refractivity contribution in [1.29, 1.82) is 0 Å². The molecule has 8 heteroatoms. The number of hydrogen-bond acceptors (Lipinski definition) is 3. The molecule has 5 nitrogen and oxygen atoms in total. The second-order valence-corrected chi connectivity index (χ2v) is 7.33. The molecule has 2 rings (SSSR count). The Kier molecular flexibility index (Phi) is 6.02. The number of amides is 1. The predicted molar refractivity (Wildman–Crippen MR) is 95.9 cm³/mol. The third kappa shape index (κ3) is 4.49. The standard InChI is InChI=1S/C17H18ClFN2O3S/c1-3-21(4-2)17(22)12-6-5-7-14(10-12)20-25(23,24)16-9-8-13(18)11-15(16)19/h5-11,20H,3-4H2,1-2H3. The SMILES string of the molecule is CCN(CC)C(=O)c1cccc(NS(=O)(=O)c2ccc(Cl)cc2F)c1. The molecule has 0 unspecified atom stereocenters. The van der Waals surface area contributed by atoms with Gasteiger partial charge in [-0.2, -0.15) is 0 Å². The van der Waals surface area contributed by atoms with Crippen molar-refractivity contribution >= 4 is 33.2 Å². The molecule has 1 amide bonds. The summed E-state index contributed by atoms with van der Waals surface area (Å²) in [5.41, 5.74) is 0.521. The Labute approximate surface area is 151 Å². The van der Waals surface area contributed by atoms with Crippen molar-refractivity contribution in [3.8, 4) is 0 Å². The van der Waals surface area contributed by atoms with Crippen LogP contribution < -0.4 is 4.72 Å². The summed E-state index contributed by atoms with van der Waals surface area (Å²) >= 11 is 5.64. The van der Waals surface area contributed by atoms with Gasteiger partial charge in [-0.15, -0.1) is 0 Å². The van der Waals surface area contributed by atoms with Crippen LogP contribution in [0.25, 0.3) is 0 Å². The van der Waals surface area contributed by atoms with E-state index in [0.29, 0.717) is 18.7 Å². The predicted octanol–water partition coefficient (Wildman–Crippen LogP) is 3.76. The summed E-state index contributed by atoms with van der Waals surface area (Å²) in [4.78, 5) is 13.5. The Bertz CT molecular complexity index is 883. The van der Waals surface area contributed by atoms with Crippen LogP contribution >= 0.6 is 11.6 Å². The van der Waals surface area contributed by atoms with E-state index in [1.165, 1.54) is 18.2 Å². The summed E-state index contributed by atoms with van der Waals surface area (Å²) in [6.07, 6.45) is 0. The summed E-state index contributed by atoms with van der Waals surface area (Å²) < 4.78 is 40.9. The molecule has 1 N–H and O–H groups in total. The zero-order valence-electron chi connectivity index (χ0n) is 13.8. The molecule has 25 heavy (non-hydrogen) atoms. The summed E-state index contributed by atoms with van der Waals surface area (Å²) in [6.45, 7) is 4.80. The first kappa shape index (κ1) is 19.2. The maximum atomic E-state index is 13.9. The first-order valence-corrected chi connectivity index (χ1v) is 9.51. The van der Waals surface area contributed by atoms with Gasteiger partial charge in [0.15, 0.2) is 0 Å². The van der Waals surface area contributed by atoms with Gasteiger partial charge in [-0.25, -0.2) is 12.8 Å². The Morgan fingerprint density at radius 1 is 1.16 bits per heavy atom. The van der Waals surface area contributed by atoms with Crippen LogP contribution in [0, 0.1) is 5.82 Å². The Morgan fingerprint density at radius 3 is 2.44 bits per heavy atom. The van der Waals surface area contributed by atoms with Crippen molar-refractivity contribution in [1.82, 2.24) is 4.90 Å². The minimum Gasteiger partial charge on any atom is -0.339 e. The molecule has 0 heterocycles. The van der Waals surface area contributed by atoms with E-state index in [0.717, 1.165) is 12.1 Å². The fraction of sp³-hybridized carbons (Fsp3) is 0.235. The van der Waals surface area contributed by atoms with Crippen LogP contribution in [0.4, 0.5) is 10.1 Å². The topological polar surface area (TPSA) is 66.5 Å². The second-order valence-electron chi connectivity index (χ2n) is 5.24. The van der Waals surface area contributed by atoms with Gasteiger partial charge < -0.3 is 4.90 Å². The van der Waals surface area contributed by atoms with Crippen molar-refractivity contribution in [2.24, 2.45) is 0 Å². The molecule has 134 valence electrons. The average molecular weight is 385 g/mol. The van der Waals surface area contributed by atoms with Crippen LogP contribution in [0.1, 0.15) is 24.2 Å². The van der Waals surface area contributed by atoms with Gasteiger partial charge in [0.2, 0.25) is 0 Å². The van der Waals surface area contributed by atoms with Gasteiger partial charge in [-0.05, 0) is 50.2 Å². The van der Waals surface area contributed by atoms with Crippen LogP contribution in [0.15, 0.2) is 47.4 Å². The normalized spacial score (nSPS) is 11.2. The van der Waals surface area contributed by atoms with Crippen molar-refractivity contribution in [2.75, 3.05) is 17.8 Å². The lowest BCUT2D eigenvalue weighted by Gasteiger charge is -2.19. The largest absolute Gasteiger partial charge is 0.339 e. The molecule has 0 aromatic heterocycles. The molecule has 0 aliphatic carbocycles. The van der Waals surface area contributed by atoms with E-state index in [1.54, 1.807) is 17.0 Å². The van der Waals surface area contributed by atoms with Gasteiger partial charge in [0.1, 0.15) is 10.7 Å². The fourth-order valence-electron chi connectivity index (χ4n) is 2.31. The van der Waals surface area contributed by atoms with Crippen molar-refractivity contribution in [3.05, 3.63) is 58.9 Å². The van der Waals surface area contributed by atoms with Crippen LogP contribution in [-0.4, -0.2) is 32.3 Å². The van der Waals surface area contributed by atoms with Gasteiger partial charge >= 0.3 is 0 Å². The number of nitrogens with zero attached hydrogens (tertiary/aromatic N) is 1. The third-order valence-corrected chi connectivity index (χ3v) is 5.25. The molecule has 0 spiro atoms. The number of rotatable bonds is 6. The molecule has 0 saturated carbocycles. The number of hydrogen-bond donors (Lipinski definition) is 1. The molecule has 0 fully saturated rings. The monoisotopic (exact) mass is 384 g/mol. The molecular weight excluding hydrogens is 367 g/mol. The number of benzene rings is 2. The van der Waals surface area contributed by atoms with Crippen LogP contribution in [0.3, 0.4) is 0 Å². The van der Waals surface area contributed by atoms with E-state index in [2.05, 4.69) is 4.72 Å². The summed E-state index contributed by atoms with van der Waals surface area (Å²) in [5, 5.41) is 0.100. The Morgan fingerprint density at radius 2 is 1.84 bits per heavy atom. The number of anilines is 1. The lowest BCUT2D eigenvalue weighted by molar-refractivity contribution is 0.0773. The smallest absolute Gasteiger partial charge is 0.264 e. The zero-order valence-corrected chi connectivity index (χ0v) is 15.4. The average Bonchev–Trinajstić information content (AvgIpc) is 2.55. The van der Waals surface area contributed by atoms with E-state index >= 15 is 0 Å². The number of carbonyl (C=O) groups excluding carboxylic acids is 1. The van der Waals surface area contributed by atoms with Crippen LogP contribution in [-0.2, 0) is 10.0 Å². The lowest BCUT2D eigenvalue weighted by atomic mass is 10.2. The van der Waals surface area contributed by atoms with Gasteiger partial charge in [-0.3, -0.25) is 9.52 Å². The second kappa shape index (κ2) is 7.84. The van der Waals surface area contributed by atoms with E-state index in [-0.39, 0.29) is 16.6 Å². The van der Waals surface area contributed by atoms with Crippen molar-refractivity contribution in [3.63, 3.8) is 0 Å². The molecule has 0 atom stereocenters. The number of nitrogens with one attached hydrogen (secondary N) is 1. The van der Waals surface area contributed by atoms with E-state index in [9.17, 15) is 17.6 Å². The highest BCUT2D eigenvalue weighted by Gasteiger charge is 2.20. The minimum absolute atomic E-state index is 0.100. The maximum Gasteiger partial charge on any atom is 0.264 e. The third-order valence-electron chi connectivity index (χ3n) is 3.60. The molecule has 0 saturated heterocycles. The first-order valence-electron chi connectivity index (χ1n) is 7.65. The highest BCUT2D eigenvalue weighted by Crippen LogP contribution is 2.22. The summed E-state index contributed by atoms with van der Waals surface area (Å²) in [5.74, 6) is -1.15. The van der Waals surface area contributed by atoms with Gasteiger partial charge in [0.25, 0.3) is 15.9 Å². The van der Waals surface area contributed by atoms with Crippen molar-refractivity contribution in [2.45, 2.75) is 18.7 Å². The number of sulfonamides is 1. The number of halogens is 2. The summed E-state index contributed by atoms with van der Waals surface area (Å²) in [7, 11) is -4.14. The highest BCUT2D eigenvalue weighted by molar-refractivity contribution is 7.92. The van der Waals surface area contributed by atoms with Crippen molar-refractivity contribution < 1.29 is 17.6 Å². The van der Waals surface area contributed by atoms with Gasteiger partial charge in [-0.1, -0.05) is 17.7 Å². The lowest BCUT2D eigenvalue weighted by Crippen LogP contribution is -2.30. The molecule has 0 aliphatic rings. The van der Waals surface area contributed by atoms with Gasteiger partial charge in [0, 0.05) is 29.4 Å². The number of carbonyl (C=O) groups is 1.